The summed E-state index contributed by atoms with van der Waals surface area (Å²) >= 11 is 6.50. The van der Waals surface area contributed by atoms with Crippen molar-refractivity contribution >= 4 is 40.5 Å². The number of piperazine rings is 1. The molecule has 1 heterocycles. The molecule has 1 saturated heterocycles. The van der Waals surface area contributed by atoms with Crippen LogP contribution < -0.4 is 10.5 Å². The lowest BCUT2D eigenvalue weighted by atomic mass is 9.94. The monoisotopic (exact) mass is 517 g/mol. The largest absolute Gasteiger partial charge is 0.495 e. The van der Waals surface area contributed by atoms with Crippen molar-refractivity contribution in [2.45, 2.75) is 44.9 Å². The lowest BCUT2D eigenvalue weighted by Gasteiger charge is -2.41. The van der Waals surface area contributed by atoms with E-state index in [0.717, 1.165) is 74.0 Å². The van der Waals surface area contributed by atoms with E-state index in [-0.39, 0.29) is 18.4 Å². The highest BCUT2D eigenvalue weighted by atomic mass is 35.5. The summed E-state index contributed by atoms with van der Waals surface area (Å²) in [6.07, 6.45) is 2.66. The van der Waals surface area contributed by atoms with Gasteiger partial charge in [-0.1, -0.05) is 61.7 Å². The van der Waals surface area contributed by atoms with Crippen molar-refractivity contribution < 1.29 is 9.84 Å². The van der Waals surface area contributed by atoms with Gasteiger partial charge in [0.15, 0.2) is 0 Å². The summed E-state index contributed by atoms with van der Waals surface area (Å²) in [5.74, 6) is 0.667. The Labute approximate surface area is 220 Å². The highest BCUT2D eigenvalue weighted by molar-refractivity contribution is 6.37. The van der Waals surface area contributed by atoms with Crippen LogP contribution in [0.3, 0.4) is 0 Å². The molecule has 35 heavy (non-hydrogen) atoms. The quantitative estimate of drug-likeness (QED) is 0.345. The highest BCUT2D eigenvalue weighted by Crippen LogP contribution is 2.35. The van der Waals surface area contributed by atoms with Gasteiger partial charge in [0, 0.05) is 49.8 Å². The third-order valence-electron chi connectivity index (χ3n) is 6.98. The van der Waals surface area contributed by atoms with Gasteiger partial charge in [-0.15, -0.1) is 12.4 Å². The van der Waals surface area contributed by atoms with Crippen LogP contribution in [0, 0.1) is 0 Å². The maximum atomic E-state index is 11.5. The van der Waals surface area contributed by atoms with Crippen LogP contribution in [0.1, 0.15) is 43.4 Å². The Balaban J connectivity index is 0.00000342. The number of halogens is 2. The predicted molar refractivity (Wildman–Crippen MR) is 149 cm³/mol. The van der Waals surface area contributed by atoms with Crippen molar-refractivity contribution in [3.8, 4) is 5.75 Å². The summed E-state index contributed by atoms with van der Waals surface area (Å²) in [4.78, 5) is 4.96. The van der Waals surface area contributed by atoms with Crippen LogP contribution >= 0.6 is 24.0 Å². The molecule has 0 bridgehead atoms. The number of nitrogens with two attached hydrogens (primary N) is 1. The number of aliphatic hydroxyl groups is 1. The van der Waals surface area contributed by atoms with Gasteiger partial charge in [-0.2, -0.15) is 0 Å². The van der Waals surface area contributed by atoms with Gasteiger partial charge >= 0.3 is 0 Å². The van der Waals surface area contributed by atoms with E-state index in [1.807, 2.05) is 36.4 Å². The second-order valence-electron chi connectivity index (χ2n) is 9.27. The van der Waals surface area contributed by atoms with Crippen LogP contribution in [0.15, 0.2) is 54.6 Å². The SMILES string of the molecule is CCCCC(C(O)c1ccc2c(Cl)c(OC)ccc2c1)N1CCN(Cc2ccc(N)cc2)CC1.Cl. The topological polar surface area (TPSA) is 62.0 Å². The first-order valence-electron chi connectivity index (χ1n) is 12.2. The van der Waals surface area contributed by atoms with Crippen molar-refractivity contribution in [2.75, 3.05) is 39.0 Å². The summed E-state index contributed by atoms with van der Waals surface area (Å²) in [6.45, 7) is 7.04. The van der Waals surface area contributed by atoms with E-state index in [1.54, 1.807) is 7.11 Å². The molecule has 4 rings (SSSR count). The first-order chi connectivity index (χ1) is 16.5. The zero-order chi connectivity index (χ0) is 24.1. The average Bonchev–Trinajstić information content (AvgIpc) is 2.86. The minimum atomic E-state index is -0.541. The molecule has 2 unspecified atom stereocenters. The summed E-state index contributed by atoms with van der Waals surface area (Å²) in [7, 11) is 1.62. The minimum absolute atomic E-state index is 0. The molecule has 5 nitrogen and oxygen atoms in total. The van der Waals surface area contributed by atoms with Crippen molar-refractivity contribution in [1.82, 2.24) is 9.80 Å². The predicted octanol–water partition coefficient (Wildman–Crippen LogP) is 5.92. The molecule has 0 radical (unpaired) electrons. The third kappa shape index (κ3) is 6.60. The summed E-state index contributed by atoms with van der Waals surface area (Å²) in [6, 6.07) is 18.2. The average molecular weight is 519 g/mol. The van der Waals surface area contributed by atoms with Crippen molar-refractivity contribution in [3.05, 3.63) is 70.7 Å². The molecule has 0 amide bonds. The Kier molecular flexibility index (Phi) is 10.1. The summed E-state index contributed by atoms with van der Waals surface area (Å²) in [5, 5.41) is 14.1. The van der Waals surface area contributed by atoms with Crippen molar-refractivity contribution in [3.63, 3.8) is 0 Å². The Morgan fingerprint density at radius 3 is 2.40 bits per heavy atom. The maximum Gasteiger partial charge on any atom is 0.138 e. The fraction of sp³-hybridized carbons (Fsp3) is 0.429. The van der Waals surface area contributed by atoms with Gasteiger partial charge in [-0.05, 0) is 47.2 Å². The Bertz CT molecular complexity index is 1090. The Morgan fingerprint density at radius 2 is 1.74 bits per heavy atom. The molecule has 190 valence electrons. The van der Waals surface area contributed by atoms with Gasteiger partial charge in [0.2, 0.25) is 0 Å². The normalized spacial score (nSPS) is 16.6. The second kappa shape index (κ2) is 12.8. The van der Waals surface area contributed by atoms with Gasteiger partial charge in [0.25, 0.3) is 0 Å². The second-order valence-corrected chi connectivity index (χ2v) is 9.65. The molecule has 3 aromatic carbocycles. The lowest BCUT2D eigenvalue weighted by molar-refractivity contribution is 0.0113. The number of hydrogen-bond acceptors (Lipinski definition) is 5. The molecule has 7 heteroatoms. The minimum Gasteiger partial charge on any atom is -0.495 e. The molecule has 1 aliphatic rings. The number of hydrogen-bond donors (Lipinski definition) is 2. The molecule has 0 saturated carbocycles. The zero-order valence-electron chi connectivity index (χ0n) is 20.6. The van der Waals surface area contributed by atoms with Crippen LogP contribution in [0.2, 0.25) is 5.02 Å². The van der Waals surface area contributed by atoms with Crippen molar-refractivity contribution in [1.29, 1.82) is 0 Å². The molecule has 1 aliphatic heterocycles. The van der Waals surface area contributed by atoms with E-state index in [4.69, 9.17) is 22.1 Å². The van der Waals surface area contributed by atoms with Gasteiger partial charge < -0.3 is 15.6 Å². The van der Waals surface area contributed by atoms with Crippen LogP contribution in [-0.4, -0.2) is 54.2 Å². The Hall–Kier alpha value is -2.02. The molecule has 3 N–H and O–H groups in total. The first-order valence-corrected chi connectivity index (χ1v) is 12.6. The number of ether oxygens (including phenoxy) is 1. The molecule has 0 aromatic heterocycles. The van der Waals surface area contributed by atoms with Crippen LogP contribution in [0.4, 0.5) is 5.69 Å². The van der Waals surface area contributed by atoms with Gasteiger partial charge in [0.1, 0.15) is 5.75 Å². The molecular weight excluding hydrogens is 481 g/mol. The van der Waals surface area contributed by atoms with Crippen molar-refractivity contribution in [2.24, 2.45) is 0 Å². The van der Waals surface area contributed by atoms with Crippen LogP contribution in [-0.2, 0) is 6.54 Å². The number of nitrogen functional groups attached to an aromatic ring is 1. The molecule has 0 aliphatic carbocycles. The molecule has 3 aromatic rings. The fourth-order valence-electron chi connectivity index (χ4n) is 4.94. The van der Waals surface area contributed by atoms with E-state index in [9.17, 15) is 5.11 Å². The number of benzene rings is 3. The van der Waals surface area contributed by atoms with E-state index >= 15 is 0 Å². The Morgan fingerprint density at radius 1 is 1.03 bits per heavy atom. The number of rotatable bonds is 9. The molecule has 1 fully saturated rings. The number of anilines is 1. The van der Waals surface area contributed by atoms with E-state index in [0.29, 0.717) is 10.8 Å². The number of nitrogens with zero attached hydrogens (tertiary/aromatic N) is 2. The van der Waals surface area contributed by atoms with Gasteiger partial charge in [0.05, 0.1) is 18.2 Å². The standard InChI is InChI=1S/C28H36ClN3O2.ClH/c1-3-4-5-25(32-16-14-31(15-17-32)19-20-6-10-23(30)11-7-20)28(33)22-8-12-24-21(18-22)9-13-26(34-2)27(24)29;/h6-13,18,25,28,33H,3-5,14-17,19,30H2,1-2H3;1H. The van der Waals surface area contributed by atoms with Gasteiger partial charge in [-0.3, -0.25) is 9.80 Å². The third-order valence-corrected chi connectivity index (χ3v) is 7.37. The highest BCUT2D eigenvalue weighted by Gasteiger charge is 2.30. The molecule has 0 spiro atoms. The van der Waals surface area contributed by atoms with Crippen LogP contribution in [0.25, 0.3) is 10.8 Å². The fourth-order valence-corrected chi connectivity index (χ4v) is 5.25. The number of unbranched alkanes of at least 4 members (excludes halogenated alkanes) is 1. The lowest BCUT2D eigenvalue weighted by Crippen LogP contribution is -2.51. The number of aliphatic hydroxyl groups excluding tert-OH is 1. The zero-order valence-corrected chi connectivity index (χ0v) is 22.2. The van der Waals surface area contributed by atoms with E-state index in [1.165, 1.54) is 5.56 Å². The number of methoxy groups -OCH3 is 1. The molecule has 2 atom stereocenters. The summed E-state index contributed by atoms with van der Waals surface area (Å²) in [5.41, 5.74) is 8.86. The van der Waals surface area contributed by atoms with E-state index in [2.05, 4.69) is 34.9 Å². The van der Waals surface area contributed by atoms with Crippen LogP contribution in [0.5, 0.6) is 5.75 Å². The first kappa shape index (κ1) is 27.6. The van der Waals surface area contributed by atoms with Gasteiger partial charge in [-0.25, -0.2) is 0 Å². The maximum absolute atomic E-state index is 11.5. The molecular formula is C28H37Cl2N3O2. The van der Waals surface area contributed by atoms with E-state index < -0.39 is 6.10 Å². The summed E-state index contributed by atoms with van der Waals surface area (Å²) < 4.78 is 5.35. The smallest absolute Gasteiger partial charge is 0.138 e. The number of fused-ring (bicyclic) bond motifs is 1.